The van der Waals surface area contributed by atoms with Crippen molar-refractivity contribution in [3.8, 4) is 23.1 Å². The first-order valence-electron chi connectivity index (χ1n) is 12.1. The molecule has 0 bridgehead atoms. The van der Waals surface area contributed by atoms with Crippen LogP contribution in [0.25, 0.3) is 27.8 Å². The maximum atomic E-state index is 13.5. The molecule has 0 aliphatic heterocycles. The Hall–Kier alpha value is -4.15. The quantitative estimate of drug-likeness (QED) is 0.323. The topological polar surface area (TPSA) is 92.3 Å². The van der Waals surface area contributed by atoms with E-state index in [0.717, 1.165) is 34.1 Å². The summed E-state index contributed by atoms with van der Waals surface area (Å²) in [5, 5.41) is 10.0. The zero-order valence-electron chi connectivity index (χ0n) is 20.2. The van der Waals surface area contributed by atoms with Crippen LogP contribution in [0, 0.1) is 5.92 Å². The normalized spacial score (nSPS) is 21.9. The first-order chi connectivity index (χ1) is 17.9. The number of benzene rings is 1. The monoisotopic (exact) mass is 503 g/mol. The lowest BCUT2D eigenvalue weighted by Crippen LogP contribution is -2.06. The third-order valence-corrected chi connectivity index (χ3v) is 7.41. The number of aromatic nitrogens is 7. The molecule has 0 saturated heterocycles. The molecule has 2 aliphatic rings. The van der Waals surface area contributed by atoms with Gasteiger partial charge in [0.25, 0.3) is 5.92 Å². The van der Waals surface area contributed by atoms with Crippen LogP contribution < -0.4 is 9.47 Å². The van der Waals surface area contributed by atoms with Gasteiger partial charge in [0.15, 0.2) is 5.65 Å². The number of hydrogen-bond donors (Lipinski definition) is 0. The van der Waals surface area contributed by atoms with Crippen molar-refractivity contribution < 1.29 is 18.3 Å². The third kappa shape index (κ3) is 3.68. The summed E-state index contributed by atoms with van der Waals surface area (Å²) in [4.78, 5) is 13.1. The van der Waals surface area contributed by atoms with Crippen molar-refractivity contribution in [1.82, 2.24) is 34.3 Å². The molecule has 2 fully saturated rings. The van der Waals surface area contributed by atoms with E-state index in [4.69, 9.17) is 14.6 Å². The molecule has 1 unspecified atom stereocenters. The fourth-order valence-electron chi connectivity index (χ4n) is 5.17. The zero-order valence-corrected chi connectivity index (χ0v) is 20.2. The Balaban J connectivity index is 1.23. The minimum absolute atomic E-state index is 0.0621. The van der Waals surface area contributed by atoms with Gasteiger partial charge in [-0.15, -0.1) is 0 Å². The van der Waals surface area contributed by atoms with E-state index < -0.39 is 11.8 Å². The van der Waals surface area contributed by atoms with Crippen LogP contribution in [0.15, 0.2) is 49.1 Å². The van der Waals surface area contributed by atoms with Gasteiger partial charge in [-0.3, -0.25) is 4.68 Å². The van der Waals surface area contributed by atoms with Crippen LogP contribution >= 0.6 is 0 Å². The molecular formula is C26H23F2N7O2. The van der Waals surface area contributed by atoms with E-state index in [1.165, 1.54) is 7.11 Å². The Morgan fingerprint density at radius 3 is 2.73 bits per heavy atom. The summed E-state index contributed by atoms with van der Waals surface area (Å²) < 4.78 is 41.1. The van der Waals surface area contributed by atoms with Crippen molar-refractivity contribution in [2.75, 3.05) is 14.2 Å². The number of hydrogen-bond acceptors (Lipinski definition) is 7. The molecule has 37 heavy (non-hydrogen) atoms. The highest BCUT2D eigenvalue weighted by atomic mass is 19.3. The summed E-state index contributed by atoms with van der Waals surface area (Å²) in [7, 11) is 3.05. The molecule has 2 saturated carbocycles. The van der Waals surface area contributed by atoms with E-state index >= 15 is 0 Å². The molecule has 4 aromatic heterocycles. The highest BCUT2D eigenvalue weighted by molar-refractivity contribution is 5.80. The van der Waals surface area contributed by atoms with Crippen molar-refractivity contribution in [2.24, 2.45) is 5.92 Å². The van der Waals surface area contributed by atoms with E-state index in [1.54, 1.807) is 34.9 Å². The SMILES string of the molecule is COc1ncc(-c2cc([C@H]3C[C@@H]3c3ccc4cnn(CC5CC5(F)F)c4c3)c3nccn3n2)c(OC)n1. The molecule has 7 rings (SSSR count). The summed E-state index contributed by atoms with van der Waals surface area (Å²) in [5.41, 5.74) is 5.25. The molecule has 0 radical (unpaired) electrons. The van der Waals surface area contributed by atoms with Crippen molar-refractivity contribution >= 4 is 16.6 Å². The molecular weight excluding hydrogens is 480 g/mol. The second-order valence-corrected chi connectivity index (χ2v) is 9.72. The number of methoxy groups -OCH3 is 2. The van der Waals surface area contributed by atoms with Gasteiger partial charge < -0.3 is 9.47 Å². The van der Waals surface area contributed by atoms with Gasteiger partial charge in [-0.05, 0) is 36.0 Å². The number of nitrogens with zero attached hydrogens (tertiary/aromatic N) is 7. The van der Waals surface area contributed by atoms with Gasteiger partial charge in [0.05, 0.1) is 43.7 Å². The minimum Gasteiger partial charge on any atom is -0.480 e. The van der Waals surface area contributed by atoms with Crippen LogP contribution in [0.3, 0.4) is 0 Å². The fourth-order valence-corrected chi connectivity index (χ4v) is 5.17. The number of fused-ring (bicyclic) bond motifs is 2. The average molecular weight is 504 g/mol. The minimum atomic E-state index is -2.57. The summed E-state index contributed by atoms with van der Waals surface area (Å²) in [6, 6.07) is 8.47. The lowest BCUT2D eigenvalue weighted by molar-refractivity contribution is 0.0945. The first-order valence-corrected chi connectivity index (χ1v) is 12.1. The van der Waals surface area contributed by atoms with E-state index in [9.17, 15) is 8.78 Å². The van der Waals surface area contributed by atoms with Crippen molar-refractivity contribution in [3.63, 3.8) is 0 Å². The van der Waals surface area contributed by atoms with E-state index in [0.29, 0.717) is 17.1 Å². The van der Waals surface area contributed by atoms with Crippen LogP contribution in [-0.4, -0.2) is 54.5 Å². The summed E-state index contributed by atoms with van der Waals surface area (Å²) in [5.74, 6) is -2.31. The van der Waals surface area contributed by atoms with Crippen LogP contribution in [0.4, 0.5) is 8.78 Å². The lowest BCUT2D eigenvalue weighted by Gasteiger charge is -2.11. The molecule has 5 aromatic rings. The van der Waals surface area contributed by atoms with Gasteiger partial charge in [0, 0.05) is 41.9 Å². The maximum Gasteiger partial charge on any atom is 0.319 e. The zero-order chi connectivity index (χ0) is 25.3. The van der Waals surface area contributed by atoms with E-state index in [1.807, 2.05) is 18.3 Å². The molecule has 0 spiro atoms. The van der Waals surface area contributed by atoms with Gasteiger partial charge in [-0.2, -0.15) is 15.2 Å². The summed E-state index contributed by atoms with van der Waals surface area (Å²) in [6.07, 6.45) is 7.82. The van der Waals surface area contributed by atoms with Gasteiger partial charge in [0.1, 0.15) is 0 Å². The smallest absolute Gasteiger partial charge is 0.319 e. The van der Waals surface area contributed by atoms with Crippen molar-refractivity contribution in [2.45, 2.75) is 37.1 Å². The Labute approximate surface area is 210 Å². The number of imidazole rings is 1. The Kier molecular flexibility index (Phi) is 4.73. The maximum absolute atomic E-state index is 13.5. The Morgan fingerprint density at radius 2 is 1.95 bits per heavy atom. The third-order valence-electron chi connectivity index (χ3n) is 7.41. The van der Waals surface area contributed by atoms with Crippen LogP contribution in [0.1, 0.15) is 35.8 Å². The molecule has 0 amide bonds. The fraction of sp³-hybridized carbons (Fsp3) is 0.346. The summed E-state index contributed by atoms with van der Waals surface area (Å²) in [6.45, 7) is 0.238. The van der Waals surface area contributed by atoms with E-state index in [2.05, 4.69) is 32.2 Å². The molecule has 4 heterocycles. The molecule has 3 atom stereocenters. The largest absolute Gasteiger partial charge is 0.480 e. The Bertz CT molecular complexity index is 1660. The number of halogens is 2. The molecule has 11 heteroatoms. The lowest BCUT2D eigenvalue weighted by atomic mass is 10.0. The highest BCUT2D eigenvalue weighted by Gasteiger charge is 2.57. The number of rotatable bonds is 7. The van der Waals surface area contributed by atoms with Crippen molar-refractivity contribution in [3.05, 3.63) is 60.2 Å². The highest BCUT2D eigenvalue weighted by Crippen LogP contribution is 2.56. The molecule has 1 aromatic carbocycles. The average Bonchev–Trinajstić information content (AvgIpc) is 3.68. The number of ether oxygens (including phenoxy) is 2. The van der Waals surface area contributed by atoms with E-state index in [-0.39, 0.29) is 30.8 Å². The predicted molar refractivity (Wildman–Crippen MR) is 130 cm³/mol. The van der Waals surface area contributed by atoms with Gasteiger partial charge in [-0.25, -0.2) is 23.3 Å². The molecule has 0 N–H and O–H groups in total. The second kappa shape index (κ2) is 7.92. The molecule has 9 nitrogen and oxygen atoms in total. The van der Waals surface area contributed by atoms with Gasteiger partial charge >= 0.3 is 6.01 Å². The molecule has 2 aliphatic carbocycles. The Morgan fingerprint density at radius 1 is 1.08 bits per heavy atom. The predicted octanol–water partition coefficient (Wildman–Crippen LogP) is 4.48. The van der Waals surface area contributed by atoms with Crippen LogP contribution in [-0.2, 0) is 6.54 Å². The second-order valence-electron chi connectivity index (χ2n) is 9.72. The number of alkyl halides is 2. The van der Waals surface area contributed by atoms with Crippen LogP contribution in [0.2, 0.25) is 0 Å². The first kappa shape index (κ1) is 22.1. The summed E-state index contributed by atoms with van der Waals surface area (Å²) >= 11 is 0. The standard InChI is InChI=1S/C26H23F2N7O2/c1-36-24-20(12-30-25(32-24)37-2)21-9-19(23-29-5-6-34(23)33-21)18-8-17(18)14-3-4-15-11-31-35(22(15)7-14)13-16-10-26(16,27)28/h3-7,9,11-12,16-18H,8,10,13H2,1-2H3/t16?,17-,18+/m1/s1. The van der Waals surface area contributed by atoms with Crippen LogP contribution in [0.5, 0.6) is 11.9 Å². The van der Waals surface area contributed by atoms with Gasteiger partial charge in [0.2, 0.25) is 5.88 Å². The van der Waals surface area contributed by atoms with Crippen molar-refractivity contribution in [1.29, 1.82) is 0 Å². The van der Waals surface area contributed by atoms with Gasteiger partial charge in [-0.1, -0.05) is 12.1 Å². The molecule has 188 valence electrons.